The van der Waals surface area contributed by atoms with Gasteiger partial charge in [0.1, 0.15) is 0 Å². The molecule has 0 spiro atoms. The third-order valence-electron chi connectivity index (χ3n) is 2.20. The molecule has 76 valence electrons. The standard InChI is InChI=1S/C10H19NO2/c1-7(11(6)8(2)12)9(13)10(3,4)5/h7H,1-6H3/t7-/m0/s1. The molecule has 3 heteroatoms. The summed E-state index contributed by atoms with van der Waals surface area (Å²) in [4.78, 5) is 24.2. The lowest BCUT2D eigenvalue weighted by atomic mass is 9.86. The molecule has 0 aromatic rings. The van der Waals surface area contributed by atoms with Crippen LogP contribution in [0.5, 0.6) is 0 Å². The Morgan fingerprint density at radius 2 is 1.62 bits per heavy atom. The van der Waals surface area contributed by atoms with Crippen molar-refractivity contribution in [2.45, 2.75) is 40.7 Å². The summed E-state index contributed by atoms with van der Waals surface area (Å²) in [5, 5.41) is 0. The second-order valence-electron chi connectivity index (χ2n) is 4.42. The summed E-state index contributed by atoms with van der Waals surface area (Å²) in [6, 6.07) is -0.336. The van der Waals surface area contributed by atoms with Gasteiger partial charge in [0.25, 0.3) is 0 Å². The van der Waals surface area contributed by atoms with Crippen molar-refractivity contribution >= 4 is 11.7 Å². The Balaban J connectivity index is 4.53. The minimum absolute atomic E-state index is 0.0786. The number of Topliss-reactive ketones (excluding diaryl/α,β-unsaturated/α-hetero) is 1. The molecule has 0 saturated heterocycles. The van der Waals surface area contributed by atoms with E-state index >= 15 is 0 Å². The Morgan fingerprint density at radius 1 is 1.23 bits per heavy atom. The Bertz CT molecular complexity index is 215. The number of hydrogen-bond acceptors (Lipinski definition) is 2. The summed E-state index contributed by atoms with van der Waals surface area (Å²) < 4.78 is 0. The SMILES string of the molecule is CC(=O)N(C)[C@@H](C)C(=O)C(C)(C)C. The quantitative estimate of drug-likeness (QED) is 0.653. The molecule has 0 N–H and O–H groups in total. The van der Waals surface area contributed by atoms with Gasteiger partial charge in [0.2, 0.25) is 5.91 Å². The minimum Gasteiger partial charge on any atom is -0.336 e. The predicted octanol–water partition coefficient (Wildman–Crippen LogP) is 1.47. The van der Waals surface area contributed by atoms with Gasteiger partial charge in [-0.05, 0) is 6.92 Å². The normalized spacial score (nSPS) is 13.7. The Kier molecular flexibility index (Phi) is 3.64. The summed E-state index contributed by atoms with van der Waals surface area (Å²) in [5.41, 5.74) is -0.386. The second kappa shape index (κ2) is 3.90. The average molecular weight is 185 g/mol. The molecule has 0 heterocycles. The van der Waals surface area contributed by atoms with Gasteiger partial charge in [-0.15, -0.1) is 0 Å². The van der Waals surface area contributed by atoms with Crippen molar-refractivity contribution in [1.82, 2.24) is 4.90 Å². The van der Waals surface area contributed by atoms with Crippen LogP contribution in [0.15, 0.2) is 0 Å². The van der Waals surface area contributed by atoms with Crippen molar-refractivity contribution in [3.8, 4) is 0 Å². The zero-order valence-corrected chi connectivity index (χ0v) is 9.34. The summed E-state index contributed by atoms with van der Waals surface area (Å²) in [6.45, 7) is 8.81. The van der Waals surface area contributed by atoms with E-state index in [0.29, 0.717) is 0 Å². The topological polar surface area (TPSA) is 37.4 Å². The zero-order chi connectivity index (χ0) is 10.8. The van der Waals surface area contributed by atoms with Crippen LogP contribution in [0, 0.1) is 5.41 Å². The van der Waals surface area contributed by atoms with E-state index in [1.807, 2.05) is 20.8 Å². The first-order chi connectivity index (χ1) is 5.68. The highest BCUT2D eigenvalue weighted by Crippen LogP contribution is 2.18. The summed E-state index contributed by atoms with van der Waals surface area (Å²) in [6.07, 6.45) is 0. The molecular formula is C10H19NO2. The van der Waals surface area contributed by atoms with Crippen LogP contribution in [0.3, 0.4) is 0 Å². The molecule has 0 bridgehead atoms. The van der Waals surface area contributed by atoms with Crippen LogP contribution in [0.1, 0.15) is 34.6 Å². The first-order valence-corrected chi connectivity index (χ1v) is 4.45. The van der Waals surface area contributed by atoms with Gasteiger partial charge in [-0.3, -0.25) is 9.59 Å². The van der Waals surface area contributed by atoms with Crippen molar-refractivity contribution in [3.63, 3.8) is 0 Å². The minimum atomic E-state index is -0.386. The number of amides is 1. The molecule has 0 aliphatic rings. The van der Waals surface area contributed by atoms with Gasteiger partial charge in [-0.25, -0.2) is 0 Å². The lowest BCUT2D eigenvalue weighted by Crippen LogP contribution is -2.43. The van der Waals surface area contributed by atoms with Gasteiger partial charge in [0, 0.05) is 19.4 Å². The van der Waals surface area contributed by atoms with E-state index in [1.165, 1.54) is 11.8 Å². The maximum Gasteiger partial charge on any atom is 0.219 e. The number of carbonyl (C=O) groups excluding carboxylic acids is 2. The molecule has 13 heavy (non-hydrogen) atoms. The molecule has 0 aliphatic heterocycles. The number of likely N-dealkylation sites (N-methyl/N-ethyl adjacent to an activating group) is 1. The van der Waals surface area contributed by atoms with Gasteiger partial charge in [-0.2, -0.15) is 0 Å². The summed E-state index contributed by atoms with van der Waals surface area (Å²) >= 11 is 0. The molecule has 1 atom stereocenters. The van der Waals surface area contributed by atoms with Crippen LogP contribution in [0.25, 0.3) is 0 Å². The summed E-state index contributed by atoms with van der Waals surface area (Å²) in [7, 11) is 1.65. The maximum atomic E-state index is 11.7. The molecule has 0 aromatic carbocycles. The van der Waals surface area contributed by atoms with Gasteiger partial charge >= 0.3 is 0 Å². The first kappa shape index (κ1) is 12.1. The van der Waals surface area contributed by atoms with Crippen molar-refractivity contribution in [2.75, 3.05) is 7.05 Å². The Labute approximate surface area is 80.1 Å². The zero-order valence-electron chi connectivity index (χ0n) is 9.34. The highest BCUT2D eigenvalue weighted by Gasteiger charge is 2.29. The fourth-order valence-electron chi connectivity index (χ4n) is 1.08. The molecule has 0 aliphatic carbocycles. The van der Waals surface area contributed by atoms with E-state index in [4.69, 9.17) is 0 Å². The third kappa shape index (κ3) is 3.17. The lowest BCUT2D eigenvalue weighted by Gasteiger charge is -2.28. The number of ketones is 1. The predicted molar refractivity (Wildman–Crippen MR) is 52.4 cm³/mol. The van der Waals surface area contributed by atoms with Crippen LogP contribution < -0.4 is 0 Å². The van der Waals surface area contributed by atoms with E-state index in [9.17, 15) is 9.59 Å². The van der Waals surface area contributed by atoms with Gasteiger partial charge < -0.3 is 4.90 Å². The molecule has 0 aromatic heterocycles. The molecule has 1 amide bonds. The smallest absolute Gasteiger partial charge is 0.219 e. The first-order valence-electron chi connectivity index (χ1n) is 4.45. The van der Waals surface area contributed by atoms with Crippen molar-refractivity contribution in [2.24, 2.45) is 5.41 Å². The van der Waals surface area contributed by atoms with E-state index in [0.717, 1.165) is 0 Å². The number of nitrogens with zero attached hydrogens (tertiary/aromatic N) is 1. The molecule has 0 fully saturated rings. The van der Waals surface area contributed by atoms with Crippen molar-refractivity contribution in [3.05, 3.63) is 0 Å². The molecular weight excluding hydrogens is 166 g/mol. The lowest BCUT2D eigenvalue weighted by molar-refractivity contribution is -0.139. The second-order valence-corrected chi connectivity index (χ2v) is 4.42. The Hall–Kier alpha value is -0.860. The van der Waals surface area contributed by atoms with E-state index < -0.39 is 0 Å². The Morgan fingerprint density at radius 3 is 1.85 bits per heavy atom. The average Bonchev–Trinajstić information content (AvgIpc) is 1.98. The monoisotopic (exact) mass is 185 g/mol. The largest absolute Gasteiger partial charge is 0.336 e. The number of hydrogen-bond donors (Lipinski definition) is 0. The highest BCUT2D eigenvalue weighted by molar-refractivity contribution is 5.91. The number of rotatable bonds is 2. The molecule has 0 unspecified atom stereocenters. The fraction of sp³-hybridized carbons (Fsp3) is 0.800. The number of carbonyl (C=O) groups is 2. The molecule has 0 rings (SSSR count). The van der Waals surface area contributed by atoms with Crippen LogP contribution in [0.2, 0.25) is 0 Å². The molecule has 0 radical (unpaired) electrons. The van der Waals surface area contributed by atoms with Crippen LogP contribution in [-0.4, -0.2) is 29.7 Å². The van der Waals surface area contributed by atoms with Crippen LogP contribution in [-0.2, 0) is 9.59 Å². The van der Waals surface area contributed by atoms with E-state index in [-0.39, 0.29) is 23.1 Å². The van der Waals surface area contributed by atoms with Gasteiger partial charge in [0.05, 0.1) is 6.04 Å². The van der Waals surface area contributed by atoms with Crippen LogP contribution >= 0.6 is 0 Å². The van der Waals surface area contributed by atoms with Crippen molar-refractivity contribution < 1.29 is 9.59 Å². The molecule has 3 nitrogen and oxygen atoms in total. The maximum absolute atomic E-state index is 11.7. The van der Waals surface area contributed by atoms with Gasteiger partial charge in [-0.1, -0.05) is 20.8 Å². The summed E-state index contributed by atoms with van der Waals surface area (Å²) in [5.74, 6) is 0.00954. The molecule has 0 saturated carbocycles. The van der Waals surface area contributed by atoms with E-state index in [1.54, 1.807) is 14.0 Å². The van der Waals surface area contributed by atoms with Crippen LogP contribution in [0.4, 0.5) is 0 Å². The third-order valence-corrected chi connectivity index (χ3v) is 2.20. The van der Waals surface area contributed by atoms with E-state index in [2.05, 4.69) is 0 Å². The fourth-order valence-corrected chi connectivity index (χ4v) is 1.08. The highest BCUT2D eigenvalue weighted by atomic mass is 16.2. The van der Waals surface area contributed by atoms with Crippen molar-refractivity contribution in [1.29, 1.82) is 0 Å². The van der Waals surface area contributed by atoms with Gasteiger partial charge in [0.15, 0.2) is 5.78 Å².